The van der Waals surface area contributed by atoms with E-state index in [-0.39, 0.29) is 11.8 Å². The number of piperidine rings is 1. The van der Waals surface area contributed by atoms with Crippen molar-refractivity contribution >= 4 is 17.5 Å². The molecular formula is C24H28N4O3. The highest BCUT2D eigenvalue weighted by Gasteiger charge is 2.46. The third kappa shape index (κ3) is 4.60. The number of aryl methyl sites for hydroxylation is 2. The number of carbonyl (C=O) groups excluding carboxylic acids is 2. The van der Waals surface area contributed by atoms with Crippen LogP contribution < -0.4 is 0 Å². The predicted molar refractivity (Wildman–Crippen MR) is 118 cm³/mol. The van der Waals surface area contributed by atoms with Gasteiger partial charge in [-0.3, -0.25) is 14.6 Å². The van der Waals surface area contributed by atoms with Gasteiger partial charge in [-0.25, -0.2) is 0 Å². The maximum atomic E-state index is 13.1. The van der Waals surface area contributed by atoms with Crippen molar-refractivity contribution in [2.45, 2.75) is 45.3 Å². The van der Waals surface area contributed by atoms with E-state index in [0.29, 0.717) is 37.3 Å². The lowest BCUT2D eigenvalue weighted by molar-refractivity contribution is -0.123. The molecule has 1 aromatic carbocycles. The largest absolute Gasteiger partial charge is 0.386 e. The maximum Gasteiger partial charge on any atom is 0.271 e. The molecule has 7 nitrogen and oxygen atoms in total. The second-order valence-electron chi connectivity index (χ2n) is 8.68. The fourth-order valence-electron chi connectivity index (χ4n) is 4.43. The molecule has 0 radical (unpaired) electrons. The number of likely N-dealkylation sites (tertiary alicyclic amines) is 1. The van der Waals surface area contributed by atoms with Crippen molar-refractivity contribution in [2.75, 3.05) is 20.1 Å². The van der Waals surface area contributed by atoms with Gasteiger partial charge in [-0.05, 0) is 51.0 Å². The molecule has 1 atom stereocenters. The molecule has 1 aromatic heterocycles. The average molecular weight is 421 g/mol. The molecule has 3 heterocycles. The first-order valence-electron chi connectivity index (χ1n) is 10.6. The Bertz CT molecular complexity index is 1000. The van der Waals surface area contributed by atoms with Crippen LogP contribution in [-0.2, 0) is 16.2 Å². The van der Waals surface area contributed by atoms with Gasteiger partial charge < -0.3 is 14.6 Å². The average Bonchev–Trinajstić information content (AvgIpc) is 3.15. The van der Waals surface area contributed by atoms with Gasteiger partial charge >= 0.3 is 0 Å². The normalized spacial score (nSPS) is 20.4. The summed E-state index contributed by atoms with van der Waals surface area (Å²) in [6.07, 6.45) is 3.71. The first kappa shape index (κ1) is 21.0. The number of hydrogen-bond donors (Lipinski definition) is 0. The summed E-state index contributed by atoms with van der Waals surface area (Å²) in [6, 6.07) is 11.5. The number of oxime groups is 1. The van der Waals surface area contributed by atoms with Crippen LogP contribution in [0.2, 0.25) is 0 Å². The van der Waals surface area contributed by atoms with Crippen LogP contribution in [0, 0.1) is 13.8 Å². The monoisotopic (exact) mass is 420 g/mol. The van der Waals surface area contributed by atoms with Crippen molar-refractivity contribution in [1.82, 2.24) is 14.8 Å². The first-order chi connectivity index (χ1) is 14.8. The Morgan fingerprint density at radius 3 is 2.68 bits per heavy atom. The number of benzene rings is 1. The molecule has 0 saturated carbocycles. The number of aromatic nitrogens is 1. The van der Waals surface area contributed by atoms with Crippen LogP contribution in [0.1, 0.15) is 46.4 Å². The molecule has 0 bridgehead atoms. The fraction of sp³-hybridized carbons (Fsp3) is 0.417. The molecule has 4 rings (SSSR count). The summed E-state index contributed by atoms with van der Waals surface area (Å²) in [6.45, 7) is 5.51. The van der Waals surface area contributed by atoms with Crippen molar-refractivity contribution < 1.29 is 14.4 Å². The van der Waals surface area contributed by atoms with Crippen molar-refractivity contribution in [3.63, 3.8) is 0 Å². The quantitative estimate of drug-likeness (QED) is 0.762. The summed E-state index contributed by atoms with van der Waals surface area (Å²) < 4.78 is 0. The Morgan fingerprint density at radius 1 is 1.19 bits per heavy atom. The first-order valence-corrected chi connectivity index (χ1v) is 10.6. The van der Waals surface area contributed by atoms with Crippen molar-refractivity contribution in [3.8, 4) is 0 Å². The lowest BCUT2D eigenvalue weighted by Gasteiger charge is -2.38. The fourth-order valence-corrected chi connectivity index (χ4v) is 4.43. The number of rotatable bonds is 4. The number of hydrogen-bond acceptors (Lipinski definition) is 5. The summed E-state index contributed by atoms with van der Waals surface area (Å²) >= 11 is 0. The molecular weight excluding hydrogens is 392 g/mol. The van der Waals surface area contributed by atoms with Gasteiger partial charge in [0, 0.05) is 31.8 Å². The summed E-state index contributed by atoms with van der Waals surface area (Å²) in [5.74, 6) is -0.165. The van der Waals surface area contributed by atoms with Gasteiger partial charge in [0.15, 0.2) is 5.60 Å². The van der Waals surface area contributed by atoms with Crippen LogP contribution in [0.15, 0.2) is 47.8 Å². The lowest BCUT2D eigenvalue weighted by Crippen LogP contribution is -2.51. The van der Waals surface area contributed by atoms with E-state index in [1.54, 1.807) is 18.1 Å². The molecule has 0 unspecified atom stereocenters. The van der Waals surface area contributed by atoms with E-state index < -0.39 is 5.60 Å². The molecule has 7 heteroatoms. The Hall–Kier alpha value is -3.22. The van der Waals surface area contributed by atoms with Gasteiger partial charge in [0.25, 0.3) is 11.8 Å². The summed E-state index contributed by atoms with van der Waals surface area (Å²) in [5.41, 5.74) is 3.43. The van der Waals surface area contributed by atoms with Gasteiger partial charge in [0.2, 0.25) is 0 Å². The second-order valence-corrected chi connectivity index (χ2v) is 8.68. The van der Waals surface area contributed by atoms with E-state index >= 15 is 0 Å². The molecule has 2 aliphatic rings. The molecule has 0 aliphatic carbocycles. The van der Waals surface area contributed by atoms with E-state index in [1.165, 1.54) is 0 Å². The smallest absolute Gasteiger partial charge is 0.271 e. The number of amides is 2. The highest BCUT2D eigenvalue weighted by Crippen LogP contribution is 2.34. The molecule has 1 spiro atoms. The standard InChI is InChI=1S/C24H28N4O3/c1-17-11-18(2)13-19(12-17)22(29)28-10-6-8-24(16-28)14-21(26-31-24)23(30)27(3)15-20-7-4-5-9-25-20/h4-5,7,9,11-13H,6,8,10,14-16H2,1-3H3/t24-/m1/s1. The van der Waals surface area contributed by atoms with E-state index in [9.17, 15) is 9.59 Å². The summed E-state index contributed by atoms with van der Waals surface area (Å²) in [7, 11) is 1.74. The molecule has 162 valence electrons. The molecule has 2 aromatic rings. The molecule has 2 amide bonds. The summed E-state index contributed by atoms with van der Waals surface area (Å²) in [4.78, 5) is 39.5. The molecule has 1 fully saturated rings. The zero-order valence-corrected chi connectivity index (χ0v) is 18.3. The van der Waals surface area contributed by atoms with Crippen LogP contribution in [-0.4, -0.2) is 58.0 Å². The van der Waals surface area contributed by atoms with Gasteiger partial charge in [0.05, 0.1) is 18.8 Å². The van der Waals surface area contributed by atoms with Crippen molar-refractivity contribution in [2.24, 2.45) is 5.16 Å². The molecule has 31 heavy (non-hydrogen) atoms. The zero-order chi connectivity index (χ0) is 22.0. The number of nitrogens with zero attached hydrogens (tertiary/aromatic N) is 4. The third-order valence-electron chi connectivity index (χ3n) is 5.85. The van der Waals surface area contributed by atoms with Crippen molar-refractivity contribution in [3.05, 3.63) is 65.0 Å². The molecule has 2 aliphatic heterocycles. The highest BCUT2D eigenvalue weighted by atomic mass is 16.7. The van der Waals surface area contributed by atoms with Crippen LogP contribution in [0.25, 0.3) is 0 Å². The van der Waals surface area contributed by atoms with E-state index in [0.717, 1.165) is 29.7 Å². The van der Waals surface area contributed by atoms with E-state index in [2.05, 4.69) is 16.2 Å². The van der Waals surface area contributed by atoms with E-state index in [1.807, 2.05) is 49.1 Å². The Labute approximate surface area is 182 Å². The maximum absolute atomic E-state index is 13.1. The summed E-state index contributed by atoms with van der Waals surface area (Å²) in [5, 5.41) is 4.14. The topological polar surface area (TPSA) is 75.1 Å². The Kier molecular flexibility index (Phi) is 5.76. The highest BCUT2D eigenvalue weighted by molar-refractivity contribution is 6.39. The number of pyridine rings is 1. The zero-order valence-electron chi connectivity index (χ0n) is 18.3. The van der Waals surface area contributed by atoms with Gasteiger partial charge in [-0.15, -0.1) is 0 Å². The second kappa shape index (κ2) is 8.49. The van der Waals surface area contributed by atoms with E-state index in [4.69, 9.17) is 4.84 Å². The SMILES string of the molecule is Cc1cc(C)cc(C(=O)N2CCC[C@@]3(CC(C(=O)N(C)Cc4ccccn4)=NO3)C2)c1. The van der Waals surface area contributed by atoms with Crippen LogP contribution in [0.3, 0.4) is 0 Å². The van der Waals surface area contributed by atoms with Crippen LogP contribution in [0.4, 0.5) is 0 Å². The Morgan fingerprint density at radius 2 is 1.97 bits per heavy atom. The van der Waals surface area contributed by atoms with Crippen LogP contribution >= 0.6 is 0 Å². The lowest BCUT2D eigenvalue weighted by atomic mass is 9.87. The molecule has 1 saturated heterocycles. The number of carbonyl (C=O) groups is 2. The van der Waals surface area contributed by atoms with Gasteiger partial charge in [-0.1, -0.05) is 28.4 Å². The third-order valence-corrected chi connectivity index (χ3v) is 5.85. The van der Waals surface area contributed by atoms with Crippen LogP contribution in [0.5, 0.6) is 0 Å². The van der Waals surface area contributed by atoms with Gasteiger partial charge in [-0.2, -0.15) is 0 Å². The minimum Gasteiger partial charge on any atom is -0.386 e. The predicted octanol–water partition coefficient (Wildman–Crippen LogP) is 3.11. The minimum atomic E-state index is -0.621. The van der Waals surface area contributed by atoms with Gasteiger partial charge in [0.1, 0.15) is 5.71 Å². The minimum absolute atomic E-state index is 0.00141. The Balaban J connectivity index is 1.41. The molecule has 0 N–H and O–H groups in total. The van der Waals surface area contributed by atoms with Crippen molar-refractivity contribution in [1.29, 1.82) is 0 Å².